The van der Waals surface area contributed by atoms with E-state index in [2.05, 4.69) is 0 Å². The van der Waals surface area contributed by atoms with Gasteiger partial charge in [0.05, 0.1) is 45.7 Å². The van der Waals surface area contributed by atoms with E-state index in [1.54, 1.807) is 12.0 Å². The number of fused-ring (bicyclic) bond motifs is 1. The number of carbonyl (C=O) groups excluding carboxylic acids is 1. The van der Waals surface area contributed by atoms with Crippen LogP contribution >= 0.6 is 0 Å². The lowest BCUT2D eigenvalue weighted by atomic mass is 9.89. The summed E-state index contributed by atoms with van der Waals surface area (Å²) in [5.41, 5.74) is 5.01. The summed E-state index contributed by atoms with van der Waals surface area (Å²) in [4.78, 5) is 15.4. The molecule has 3 saturated heterocycles. The highest BCUT2D eigenvalue weighted by Gasteiger charge is 2.56. The Hall–Kier alpha value is -4.95. The van der Waals surface area contributed by atoms with Crippen LogP contribution in [-0.4, -0.2) is 86.6 Å². The lowest BCUT2D eigenvalue weighted by Gasteiger charge is -2.47. The molecule has 0 spiro atoms. The fourth-order valence-corrected chi connectivity index (χ4v) is 8.27. The minimum atomic E-state index is -0.892. The van der Waals surface area contributed by atoms with Crippen molar-refractivity contribution in [1.29, 1.82) is 0 Å². The fraction of sp³-hybridized carbons (Fsp3) is 0.380. The Balaban J connectivity index is 1.07. The van der Waals surface area contributed by atoms with Crippen molar-refractivity contribution in [2.24, 2.45) is 5.92 Å². The van der Waals surface area contributed by atoms with Gasteiger partial charge in [-0.25, -0.2) is 4.79 Å². The van der Waals surface area contributed by atoms with Gasteiger partial charge in [-0.1, -0.05) is 159 Å². The third-order valence-electron chi connectivity index (χ3n) is 11.6. The molecule has 320 valence electrons. The maximum atomic E-state index is 13.7. The Bertz CT molecular complexity index is 2050. The molecule has 3 aliphatic heterocycles. The summed E-state index contributed by atoms with van der Waals surface area (Å²) >= 11 is 0. The van der Waals surface area contributed by atoms with Gasteiger partial charge in [0.25, 0.3) is 0 Å². The quantitative estimate of drug-likeness (QED) is 0.0812. The van der Waals surface area contributed by atoms with Gasteiger partial charge in [-0.2, -0.15) is 0 Å². The van der Waals surface area contributed by atoms with Crippen LogP contribution in [0.15, 0.2) is 152 Å². The molecule has 8 rings (SSSR count). The van der Waals surface area contributed by atoms with Crippen molar-refractivity contribution in [1.82, 2.24) is 4.90 Å². The summed E-state index contributed by atoms with van der Waals surface area (Å²) in [6, 6.07) is 49.2. The first-order valence-electron chi connectivity index (χ1n) is 21.1. The van der Waals surface area contributed by atoms with Crippen molar-refractivity contribution in [2.45, 2.75) is 95.1 Å². The highest BCUT2D eigenvalue weighted by molar-refractivity contribution is 5.71. The predicted octanol–water partition coefficient (Wildman–Crippen LogP) is 8.10. The van der Waals surface area contributed by atoms with Gasteiger partial charge in [0, 0.05) is 19.6 Å². The maximum Gasteiger partial charge on any atom is 0.410 e. The first-order valence-corrected chi connectivity index (χ1v) is 21.1. The van der Waals surface area contributed by atoms with Gasteiger partial charge in [-0.3, -0.25) is 4.90 Å². The number of amides is 1. The van der Waals surface area contributed by atoms with Crippen molar-refractivity contribution in [3.8, 4) is 0 Å². The highest BCUT2D eigenvalue weighted by Crippen LogP contribution is 2.39. The lowest BCUT2D eigenvalue weighted by Crippen LogP contribution is -2.63. The van der Waals surface area contributed by atoms with Crippen LogP contribution in [0.1, 0.15) is 34.7 Å². The molecule has 3 heterocycles. The third kappa shape index (κ3) is 10.9. The molecule has 3 aliphatic rings. The second-order valence-electron chi connectivity index (χ2n) is 15.8. The maximum absolute atomic E-state index is 13.7. The zero-order chi connectivity index (χ0) is 41.8. The summed E-state index contributed by atoms with van der Waals surface area (Å²) in [5.74, 6) is -0.186. The van der Waals surface area contributed by atoms with Crippen molar-refractivity contribution in [3.05, 3.63) is 179 Å². The normalized spacial score (nSPS) is 27.4. The van der Waals surface area contributed by atoms with E-state index < -0.39 is 61.3 Å². The highest BCUT2D eigenvalue weighted by atomic mass is 16.7. The van der Waals surface area contributed by atoms with Crippen LogP contribution in [0.4, 0.5) is 4.79 Å². The molecule has 0 aliphatic carbocycles. The Morgan fingerprint density at radius 2 is 0.967 bits per heavy atom. The van der Waals surface area contributed by atoms with E-state index >= 15 is 0 Å². The summed E-state index contributed by atoms with van der Waals surface area (Å²) in [7, 11) is 1.60. The van der Waals surface area contributed by atoms with Gasteiger partial charge in [0.2, 0.25) is 0 Å². The topological polar surface area (TPSA) is 103 Å². The lowest BCUT2D eigenvalue weighted by molar-refractivity contribution is -0.333. The Morgan fingerprint density at radius 1 is 0.508 bits per heavy atom. The molecule has 5 aromatic carbocycles. The van der Waals surface area contributed by atoms with Crippen molar-refractivity contribution < 1.29 is 47.4 Å². The zero-order valence-electron chi connectivity index (χ0n) is 34.7. The molecule has 0 aromatic heterocycles. The minimum Gasteiger partial charge on any atom is -0.443 e. The van der Waals surface area contributed by atoms with E-state index in [0.717, 1.165) is 27.8 Å². The van der Waals surface area contributed by atoms with Crippen molar-refractivity contribution in [2.75, 3.05) is 20.3 Å². The van der Waals surface area contributed by atoms with Crippen LogP contribution in [0.3, 0.4) is 0 Å². The number of ether oxygens (including phenoxy) is 9. The molecule has 1 amide bonds. The number of nitrogens with zero attached hydrogens (tertiary/aromatic N) is 1. The predicted molar refractivity (Wildman–Crippen MR) is 227 cm³/mol. The molecule has 5 unspecified atom stereocenters. The summed E-state index contributed by atoms with van der Waals surface area (Å²) < 4.78 is 59.1. The van der Waals surface area contributed by atoms with Crippen molar-refractivity contribution in [3.63, 3.8) is 0 Å². The number of carbonyl (C=O) groups is 1. The Morgan fingerprint density at radius 3 is 1.49 bits per heavy atom. The second kappa shape index (κ2) is 21.2. The fourth-order valence-electron chi connectivity index (χ4n) is 8.27. The molecule has 11 nitrogen and oxygen atoms in total. The average Bonchev–Trinajstić information content (AvgIpc) is 3.64. The number of methoxy groups -OCH3 is 1. The van der Waals surface area contributed by atoms with E-state index in [-0.39, 0.29) is 25.7 Å². The van der Waals surface area contributed by atoms with Gasteiger partial charge < -0.3 is 42.6 Å². The van der Waals surface area contributed by atoms with Crippen LogP contribution in [0, 0.1) is 5.92 Å². The van der Waals surface area contributed by atoms with E-state index in [1.165, 1.54) is 0 Å². The smallest absolute Gasteiger partial charge is 0.410 e. The molecule has 61 heavy (non-hydrogen) atoms. The molecule has 0 N–H and O–H groups in total. The zero-order valence-corrected chi connectivity index (χ0v) is 34.7. The molecule has 11 heteroatoms. The molecule has 0 bridgehead atoms. The summed E-state index contributed by atoms with van der Waals surface area (Å²) in [6.45, 7) is 3.98. The SMILES string of the molecule is CO[C@H]1OC(COC2OC(COCc3ccccc3)[C@@H](C)[C@@H]3OC(=O)N(Cc4ccccc4)C23)[C@@H](OCc2ccccc2)[C@@H](OCc2ccccc2)C1OCc1ccccc1. The van der Waals surface area contributed by atoms with Crippen molar-refractivity contribution >= 4 is 6.09 Å². The molecular weight excluding hydrogens is 775 g/mol. The third-order valence-corrected chi connectivity index (χ3v) is 11.6. The van der Waals surface area contributed by atoms with Crippen LogP contribution in [0.2, 0.25) is 0 Å². The van der Waals surface area contributed by atoms with Crippen LogP contribution in [0.25, 0.3) is 0 Å². The Kier molecular flexibility index (Phi) is 14.9. The van der Waals surface area contributed by atoms with Gasteiger partial charge in [-0.15, -0.1) is 0 Å². The largest absolute Gasteiger partial charge is 0.443 e. The van der Waals surface area contributed by atoms with Crippen LogP contribution in [0.5, 0.6) is 0 Å². The molecule has 5 aromatic rings. The van der Waals surface area contributed by atoms with Gasteiger partial charge in [0.15, 0.2) is 12.6 Å². The average molecular weight is 830 g/mol. The number of hydrogen-bond acceptors (Lipinski definition) is 10. The number of rotatable bonds is 19. The van der Waals surface area contributed by atoms with Crippen LogP contribution < -0.4 is 0 Å². The molecule has 0 radical (unpaired) electrons. The van der Waals surface area contributed by atoms with E-state index in [1.807, 2.05) is 159 Å². The molecular formula is C50H55NO10. The van der Waals surface area contributed by atoms with E-state index in [4.69, 9.17) is 42.6 Å². The molecule has 10 atom stereocenters. The monoisotopic (exact) mass is 829 g/mol. The Labute approximate surface area is 358 Å². The van der Waals surface area contributed by atoms with E-state index in [0.29, 0.717) is 26.4 Å². The van der Waals surface area contributed by atoms with Crippen LogP contribution in [-0.2, 0) is 75.6 Å². The first-order chi connectivity index (χ1) is 30.0. The van der Waals surface area contributed by atoms with Gasteiger partial charge in [0.1, 0.15) is 36.6 Å². The first kappa shape index (κ1) is 42.7. The minimum absolute atomic E-state index is 0.0170. The number of benzene rings is 5. The second-order valence-corrected chi connectivity index (χ2v) is 15.8. The van der Waals surface area contributed by atoms with Gasteiger partial charge >= 0.3 is 6.09 Å². The molecule has 0 saturated carbocycles. The standard InChI is InChI=1S/C50H55NO10/c1-35-41(33-54-29-37-20-10-4-11-21-37)59-48(43-44(35)61-50(52)51(43)28-36-18-8-3-9-19-36)58-34-42-45(55-30-38-22-12-5-13-23-38)46(56-31-39-24-14-6-15-25-39)47(49(53-2)60-42)57-32-40-26-16-7-17-27-40/h3-27,35,41-49H,28-34H2,1-2H3/t35-,41?,42?,43?,44+,45-,46-,47?,48?,49+/m1/s1. The van der Waals surface area contributed by atoms with E-state index in [9.17, 15) is 4.79 Å². The molecule has 3 fully saturated rings. The van der Waals surface area contributed by atoms with Gasteiger partial charge in [-0.05, 0) is 27.8 Å². The summed E-state index contributed by atoms with van der Waals surface area (Å²) in [6.07, 6.45) is -5.79. The summed E-state index contributed by atoms with van der Waals surface area (Å²) in [5, 5.41) is 0. The number of hydrogen-bond donors (Lipinski definition) is 0.